The molecule has 40 heavy (non-hydrogen) atoms. The van der Waals surface area contributed by atoms with Gasteiger partial charge in [-0.1, -0.05) is 148 Å². The van der Waals surface area contributed by atoms with Crippen molar-refractivity contribution >= 4 is 11.9 Å². The first-order chi connectivity index (χ1) is 19.6. The number of carbonyl (C=O) groups is 2. The fourth-order valence-corrected chi connectivity index (χ4v) is 5.34. The van der Waals surface area contributed by atoms with E-state index in [-0.39, 0.29) is 18.5 Å². The molecule has 0 saturated carbocycles. The van der Waals surface area contributed by atoms with Crippen molar-refractivity contribution in [1.82, 2.24) is 0 Å². The minimum Gasteiger partial charge on any atom is -0.481 e. The first-order valence-electron chi connectivity index (χ1n) is 17.7. The van der Waals surface area contributed by atoms with E-state index >= 15 is 0 Å². The molecular formula is C36H68O4. The topological polar surface area (TPSA) is 63.6 Å². The lowest BCUT2D eigenvalue weighted by Crippen LogP contribution is -2.19. The molecule has 0 fully saturated rings. The molecule has 1 atom stereocenters. The van der Waals surface area contributed by atoms with E-state index in [0.717, 1.165) is 32.1 Å². The second-order valence-electron chi connectivity index (χ2n) is 12.1. The zero-order valence-electron chi connectivity index (χ0n) is 26.9. The Morgan fingerprint density at radius 1 is 0.525 bits per heavy atom. The molecule has 4 heteroatoms. The highest BCUT2D eigenvalue weighted by Gasteiger charge is 2.15. The van der Waals surface area contributed by atoms with Crippen molar-refractivity contribution in [3.8, 4) is 0 Å². The first kappa shape index (κ1) is 38.7. The molecule has 0 aliphatic heterocycles. The van der Waals surface area contributed by atoms with Crippen LogP contribution in [0.4, 0.5) is 0 Å². The quantitative estimate of drug-likeness (QED) is 0.0501. The second kappa shape index (κ2) is 32.2. The monoisotopic (exact) mass is 565 g/mol. The standard InChI is InChI=1S/C36H68O4/c1-3-5-7-9-11-13-15-16-17-18-19-20-21-23-25-27-29-31-36(39)40-34(32-33-35(37)38)30-28-26-24-22-14-12-10-8-6-4-2/h16-17,34H,3-15,18-33H2,1-2H3,(H,37,38)/b17-16-. The van der Waals surface area contributed by atoms with Crippen molar-refractivity contribution in [2.45, 2.75) is 206 Å². The van der Waals surface area contributed by atoms with Gasteiger partial charge >= 0.3 is 11.9 Å². The number of esters is 1. The van der Waals surface area contributed by atoms with E-state index in [0.29, 0.717) is 12.8 Å². The average Bonchev–Trinajstić information content (AvgIpc) is 2.94. The van der Waals surface area contributed by atoms with Gasteiger partial charge < -0.3 is 9.84 Å². The maximum absolute atomic E-state index is 12.4. The van der Waals surface area contributed by atoms with Crippen LogP contribution in [0.1, 0.15) is 200 Å². The molecular weight excluding hydrogens is 496 g/mol. The van der Waals surface area contributed by atoms with Crippen molar-refractivity contribution in [1.29, 1.82) is 0 Å². The van der Waals surface area contributed by atoms with Gasteiger partial charge in [0.25, 0.3) is 0 Å². The summed E-state index contributed by atoms with van der Waals surface area (Å²) in [4.78, 5) is 23.4. The molecule has 1 N–H and O–H groups in total. The fraction of sp³-hybridized carbons (Fsp3) is 0.889. The van der Waals surface area contributed by atoms with Gasteiger partial charge in [-0.2, -0.15) is 0 Å². The third kappa shape index (κ3) is 31.2. The zero-order chi connectivity index (χ0) is 29.4. The molecule has 4 nitrogen and oxygen atoms in total. The van der Waals surface area contributed by atoms with Crippen molar-refractivity contribution in [2.75, 3.05) is 0 Å². The van der Waals surface area contributed by atoms with Crippen LogP contribution >= 0.6 is 0 Å². The van der Waals surface area contributed by atoms with Crippen LogP contribution in [0.3, 0.4) is 0 Å². The highest BCUT2D eigenvalue weighted by Crippen LogP contribution is 2.17. The Hall–Kier alpha value is -1.32. The van der Waals surface area contributed by atoms with E-state index in [4.69, 9.17) is 9.84 Å². The summed E-state index contributed by atoms with van der Waals surface area (Å²) >= 11 is 0. The lowest BCUT2D eigenvalue weighted by molar-refractivity contribution is -0.151. The minimum absolute atomic E-state index is 0.0740. The van der Waals surface area contributed by atoms with Crippen LogP contribution in [0.2, 0.25) is 0 Å². The van der Waals surface area contributed by atoms with Crippen LogP contribution in [-0.4, -0.2) is 23.1 Å². The van der Waals surface area contributed by atoms with Gasteiger partial charge in [-0.05, 0) is 51.4 Å². The zero-order valence-corrected chi connectivity index (χ0v) is 26.9. The molecule has 0 spiro atoms. The Bertz CT molecular complexity index is 571. The minimum atomic E-state index is -0.812. The van der Waals surface area contributed by atoms with Crippen molar-refractivity contribution in [3.05, 3.63) is 12.2 Å². The SMILES string of the molecule is CCCCCCCC/C=C\CCCCCCCCCC(=O)OC(CCCCCCCCCCCC)CCC(=O)O. The summed E-state index contributed by atoms with van der Waals surface area (Å²) in [6, 6.07) is 0. The number of carboxylic acid groups (broad SMARTS) is 1. The maximum Gasteiger partial charge on any atom is 0.306 e. The smallest absolute Gasteiger partial charge is 0.306 e. The van der Waals surface area contributed by atoms with Crippen LogP contribution in [0.5, 0.6) is 0 Å². The highest BCUT2D eigenvalue weighted by atomic mass is 16.5. The van der Waals surface area contributed by atoms with Gasteiger partial charge in [0.05, 0.1) is 0 Å². The predicted octanol–water partition coefficient (Wildman–Crippen LogP) is 11.9. The van der Waals surface area contributed by atoms with Crippen molar-refractivity contribution in [2.24, 2.45) is 0 Å². The van der Waals surface area contributed by atoms with Gasteiger partial charge in [-0.15, -0.1) is 0 Å². The number of hydrogen-bond acceptors (Lipinski definition) is 3. The normalized spacial score (nSPS) is 12.2. The Balaban J connectivity index is 3.72. The lowest BCUT2D eigenvalue weighted by atomic mass is 10.0. The largest absolute Gasteiger partial charge is 0.481 e. The summed E-state index contributed by atoms with van der Waals surface area (Å²) in [5.74, 6) is -0.955. The first-order valence-corrected chi connectivity index (χ1v) is 17.7. The Morgan fingerprint density at radius 2 is 0.925 bits per heavy atom. The fourth-order valence-electron chi connectivity index (χ4n) is 5.34. The van der Waals surface area contributed by atoms with Crippen LogP contribution in [0, 0.1) is 0 Å². The molecule has 0 rings (SSSR count). The molecule has 0 heterocycles. The van der Waals surface area contributed by atoms with Crippen molar-refractivity contribution < 1.29 is 19.4 Å². The highest BCUT2D eigenvalue weighted by molar-refractivity contribution is 5.69. The molecule has 0 aromatic carbocycles. The van der Waals surface area contributed by atoms with Gasteiger partial charge in [0.15, 0.2) is 0 Å². The second-order valence-corrected chi connectivity index (χ2v) is 12.1. The van der Waals surface area contributed by atoms with Gasteiger partial charge in [0, 0.05) is 12.8 Å². The summed E-state index contributed by atoms with van der Waals surface area (Å²) < 4.78 is 5.70. The van der Waals surface area contributed by atoms with E-state index in [1.165, 1.54) is 135 Å². The Labute approximate surface area is 249 Å². The number of ether oxygens (including phenoxy) is 1. The Kier molecular flexibility index (Phi) is 31.1. The van der Waals surface area contributed by atoms with Crippen molar-refractivity contribution in [3.63, 3.8) is 0 Å². The van der Waals surface area contributed by atoms with Gasteiger partial charge in [-0.25, -0.2) is 0 Å². The number of carbonyl (C=O) groups excluding carboxylic acids is 1. The third-order valence-corrected chi connectivity index (χ3v) is 8.00. The van der Waals surface area contributed by atoms with E-state index < -0.39 is 5.97 Å². The molecule has 0 bridgehead atoms. The maximum atomic E-state index is 12.4. The number of hydrogen-bond donors (Lipinski definition) is 1. The Morgan fingerprint density at radius 3 is 1.38 bits per heavy atom. The summed E-state index contributed by atoms with van der Waals surface area (Å²) in [5.41, 5.74) is 0. The van der Waals surface area contributed by atoms with Crippen LogP contribution in [0.15, 0.2) is 12.2 Å². The van der Waals surface area contributed by atoms with Gasteiger partial charge in [0.1, 0.15) is 6.10 Å². The average molecular weight is 565 g/mol. The molecule has 0 aliphatic carbocycles. The van der Waals surface area contributed by atoms with Crippen LogP contribution in [-0.2, 0) is 14.3 Å². The molecule has 0 aromatic rings. The molecule has 0 aliphatic rings. The summed E-state index contributed by atoms with van der Waals surface area (Å²) in [6.07, 6.45) is 37.9. The van der Waals surface area contributed by atoms with Crippen LogP contribution < -0.4 is 0 Å². The molecule has 0 saturated heterocycles. The van der Waals surface area contributed by atoms with E-state index in [2.05, 4.69) is 26.0 Å². The van der Waals surface area contributed by atoms with E-state index in [1.54, 1.807) is 0 Å². The van der Waals surface area contributed by atoms with Crippen LogP contribution in [0.25, 0.3) is 0 Å². The summed E-state index contributed by atoms with van der Waals surface area (Å²) in [6.45, 7) is 4.52. The number of carboxylic acids is 1. The number of allylic oxidation sites excluding steroid dienone is 2. The number of rotatable bonds is 32. The predicted molar refractivity (Wildman–Crippen MR) is 172 cm³/mol. The number of aliphatic carboxylic acids is 1. The third-order valence-electron chi connectivity index (χ3n) is 8.00. The molecule has 0 radical (unpaired) electrons. The van der Waals surface area contributed by atoms with Gasteiger partial charge in [-0.3, -0.25) is 9.59 Å². The van der Waals surface area contributed by atoms with Gasteiger partial charge in [0.2, 0.25) is 0 Å². The van der Waals surface area contributed by atoms with E-state index in [1.807, 2.05) is 0 Å². The molecule has 0 aromatic heterocycles. The van der Waals surface area contributed by atoms with E-state index in [9.17, 15) is 9.59 Å². The lowest BCUT2D eigenvalue weighted by Gasteiger charge is -2.17. The number of unbranched alkanes of at least 4 members (excludes halogenated alkanes) is 22. The molecule has 0 amide bonds. The molecule has 1 unspecified atom stereocenters. The summed E-state index contributed by atoms with van der Waals surface area (Å²) in [5, 5.41) is 9.06. The molecule has 236 valence electrons. The summed E-state index contributed by atoms with van der Waals surface area (Å²) in [7, 11) is 0.